The Hall–Kier alpha value is -1.02. The molecule has 2 atom stereocenters. The quantitative estimate of drug-likeness (QED) is 0.907. The van der Waals surface area contributed by atoms with Crippen molar-refractivity contribution in [3.05, 3.63) is 29.3 Å². The summed E-state index contributed by atoms with van der Waals surface area (Å²) in [6, 6.07) is 7.40. The molecule has 1 heterocycles. The van der Waals surface area contributed by atoms with Gasteiger partial charge in [0.25, 0.3) is 0 Å². The summed E-state index contributed by atoms with van der Waals surface area (Å²) in [6.45, 7) is 5.92. The molecule has 20 heavy (non-hydrogen) atoms. The lowest BCUT2D eigenvalue weighted by atomic mass is 9.57. The summed E-state index contributed by atoms with van der Waals surface area (Å²) in [5.74, 6) is 1.79. The Kier molecular flexibility index (Phi) is 3.76. The Labute approximate surface area is 122 Å². The molecule has 1 aromatic carbocycles. The Balaban J connectivity index is 2.12. The van der Waals surface area contributed by atoms with Gasteiger partial charge >= 0.3 is 0 Å². The van der Waals surface area contributed by atoms with Crippen molar-refractivity contribution in [1.82, 2.24) is 5.32 Å². The molecule has 0 saturated carbocycles. The molecular weight excluding hydrogens is 246 g/mol. The first-order valence-electron chi connectivity index (χ1n) is 8.16. The topological polar surface area (TPSA) is 21.3 Å². The average molecular weight is 273 g/mol. The molecule has 1 saturated heterocycles. The Morgan fingerprint density at radius 2 is 2.10 bits per heavy atom. The standard InChI is InChI=1S/C18H27NO/c1-4-18(5-2)15-7-6-10-19-17(15)11-13-8-9-14(20-3)12-16(13)18/h8-9,12,15,17,19H,4-7,10-11H2,1-3H3. The number of benzene rings is 1. The van der Waals surface area contributed by atoms with Crippen LogP contribution in [0.15, 0.2) is 18.2 Å². The van der Waals surface area contributed by atoms with Crippen LogP contribution in [0.5, 0.6) is 5.75 Å². The lowest BCUT2D eigenvalue weighted by Gasteiger charge is -2.51. The predicted molar refractivity (Wildman–Crippen MR) is 83.5 cm³/mol. The highest BCUT2D eigenvalue weighted by Gasteiger charge is 2.47. The highest BCUT2D eigenvalue weighted by Crippen LogP contribution is 2.50. The second kappa shape index (κ2) is 5.40. The summed E-state index contributed by atoms with van der Waals surface area (Å²) >= 11 is 0. The summed E-state index contributed by atoms with van der Waals surface area (Å²) < 4.78 is 5.48. The molecule has 1 aromatic rings. The van der Waals surface area contributed by atoms with Gasteiger partial charge < -0.3 is 10.1 Å². The first-order chi connectivity index (χ1) is 9.75. The number of hydrogen-bond acceptors (Lipinski definition) is 2. The maximum Gasteiger partial charge on any atom is 0.119 e. The number of ether oxygens (including phenoxy) is 1. The van der Waals surface area contributed by atoms with E-state index in [4.69, 9.17) is 4.74 Å². The maximum absolute atomic E-state index is 5.48. The number of methoxy groups -OCH3 is 1. The van der Waals surface area contributed by atoms with Gasteiger partial charge in [-0.2, -0.15) is 0 Å². The number of nitrogens with one attached hydrogen (secondary N) is 1. The van der Waals surface area contributed by atoms with Gasteiger partial charge in [0.1, 0.15) is 5.75 Å². The van der Waals surface area contributed by atoms with Crippen LogP contribution in [-0.2, 0) is 11.8 Å². The minimum absolute atomic E-state index is 0.334. The summed E-state index contributed by atoms with van der Waals surface area (Å²) in [5.41, 5.74) is 3.43. The van der Waals surface area contributed by atoms with Gasteiger partial charge in [-0.25, -0.2) is 0 Å². The van der Waals surface area contributed by atoms with Crippen LogP contribution in [0.2, 0.25) is 0 Å². The van der Waals surface area contributed by atoms with Crippen molar-refractivity contribution in [3.63, 3.8) is 0 Å². The van der Waals surface area contributed by atoms with Gasteiger partial charge in [-0.1, -0.05) is 19.9 Å². The second-order valence-corrected chi connectivity index (χ2v) is 6.40. The van der Waals surface area contributed by atoms with Crippen molar-refractivity contribution >= 4 is 0 Å². The van der Waals surface area contributed by atoms with Gasteiger partial charge in [-0.05, 0) is 73.2 Å². The fourth-order valence-electron chi connectivity index (χ4n) is 4.74. The number of rotatable bonds is 3. The van der Waals surface area contributed by atoms with Crippen LogP contribution in [0, 0.1) is 5.92 Å². The highest BCUT2D eigenvalue weighted by atomic mass is 16.5. The fraction of sp³-hybridized carbons (Fsp3) is 0.667. The maximum atomic E-state index is 5.48. The van der Waals surface area contributed by atoms with E-state index in [0.717, 1.165) is 11.7 Å². The Bertz CT molecular complexity index is 478. The van der Waals surface area contributed by atoms with Crippen LogP contribution in [0.1, 0.15) is 50.7 Å². The van der Waals surface area contributed by atoms with E-state index < -0.39 is 0 Å². The van der Waals surface area contributed by atoms with Crippen LogP contribution in [-0.4, -0.2) is 19.7 Å². The van der Waals surface area contributed by atoms with Crippen LogP contribution in [0.4, 0.5) is 0 Å². The van der Waals surface area contributed by atoms with E-state index in [2.05, 4.69) is 37.4 Å². The van der Waals surface area contributed by atoms with Gasteiger partial charge in [0, 0.05) is 6.04 Å². The Morgan fingerprint density at radius 3 is 2.80 bits per heavy atom. The van der Waals surface area contributed by atoms with Crippen LogP contribution < -0.4 is 10.1 Å². The monoisotopic (exact) mass is 273 g/mol. The SMILES string of the molecule is CCC1(CC)c2cc(OC)ccc2CC2NCCCC21. The molecule has 0 aromatic heterocycles. The minimum atomic E-state index is 0.334. The van der Waals surface area contributed by atoms with Crippen molar-refractivity contribution in [1.29, 1.82) is 0 Å². The smallest absolute Gasteiger partial charge is 0.119 e. The minimum Gasteiger partial charge on any atom is -0.497 e. The molecule has 0 spiro atoms. The lowest BCUT2D eigenvalue weighted by Crippen LogP contribution is -2.55. The van der Waals surface area contributed by atoms with Crippen LogP contribution >= 0.6 is 0 Å². The van der Waals surface area contributed by atoms with Crippen molar-refractivity contribution in [2.24, 2.45) is 5.92 Å². The van der Waals surface area contributed by atoms with Gasteiger partial charge in [0.05, 0.1) is 7.11 Å². The van der Waals surface area contributed by atoms with E-state index in [9.17, 15) is 0 Å². The predicted octanol–water partition coefficient (Wildman–Crippen LogP) is 3.68. The van der Waals surface area contributed by atoms with Crippen molar-refractivity contribution in [3.8, 4) is 5.75 Å². The molecule has 0 amide bonds. The van der Waals surface area contributed by atoms with E-state index in [-0.39, 0.29) is 0 Å². The van der Waals surface area contributed by atoms with Gasteiger partial charge in [0.2, 0.25) is 0 Å². The Morgan fingerprint density at radius 1 is 1.30 bits per heavy atom. The largest absolute Gasteiger partial charge is 0.497 e. The molecule has 110 valence electrons. The molecule has 2 unspecified atom stereocenters. The number of fused-ring (bicyclic) bond motifs is 2. The van der Waals surface area contributed by atoms with Gasteiger partial charge in [0.15, 0.2) is 0 Å². The third-order valence-corrected chi connectivity index (χ3v) is 5.85. The molecule has 2 aliphatic rings. The second-order valence-electron chi connectivity index (χ2n) is 6.40. The molecule has 0 bridgehead atoms. The molecular formula is C18H27NO. The zero-order valence-electron chi connectivity index (χ0n) is 13.0. The molecule has 0 radical (unpaired) electrons. The number of hydrogen-bond donors (Lipinski definition) is 1. The normalized spacial score (nSPS) is 27.6. The van der Waals surface area contributed by atoms with E-state index >= 15 is 0 Å². The van der Waals surface area contributed by atoms with Crippen LogP contribution in [0.25, 0.3) is 0 Å². The summed E-state index contributed by atoms with van der Waals surface area (Å²) in [4.78, 5) is 0. The third kappa shape index (κ3) is 1.96. The zero-order valence-corrected chi connectivity index (χ0v) is 13.0. The third-order valence-electron chi connectivity index (χ3n) is 5.85. The van der Waals surface area contributed by atoms with E-state index in [1.54, 1.807) is 12.7 Å². The van der Waals surface area contributed by atoms with Crippen molar-refractivity contribution in [2.75, 3.05) is 13.7 Å². The fourth-order valence-corrected chi connectivity index (χ4v) is 4.74. The first-order valence-corrected chi connectivity index (χ1v) is 8.16. The average Bonchev–Trinajstić information content (AvgIpc) is 2.52. The summed E-state index contributed by atoms with van der Waals surface area (Å²) in [5, 5.41) is 3.78. The molecule has 1 N–H and O–H groups in total. The van der Waals surface area contributed by atoms with E-state index in [1.807, 2.05) is 0 Å². The van der Waals surface area contributed by atoms with Gasteiger partial charge in [-0.15, -0.1) is 0 Å². The summed E-state index contributed by atoms with van der Waals surface area (Å²) in [7, 11) is 1.77. The molecule has 1 fully saturated rings. The van der Waals surface area contributed by atoms with Crippen molar-refractivity contribution in [2.45, 2.75) is 57.4 Å². The lowest BCUT2D eigenvalue weighted by molar-refractivity contribution is 0.131. The van der Waals surface area contributed by atoms with E-state index in [0.29, 0.717) is 11.5 Å². The van der Waals surface area contributed by atoms with Crippen molar-refractivity contribution < 1.29 is 4.74 Å². The van der Waals surface area contributed by atoms with E-state index in [1.165, 1.54) is 44.2 Å². The molecule has 3 rings (SSSR count). The highest BCUT2D eigenvalue weighted by molar-refractivity contribution is 5.44. The zero-order chi connectivity index (χ0) is 14.2. The van der Waals surface area contributed by atoms with Crippen LogP contribution in [0.3, 0.4) is 0 Å². The first kappa shape index (κ1) is 13.9. The summed E-state index contributed by atoms with van der Waals surface area (Å²) in [6.07, 6.45) is 6.34. The molecule has 1 aliphatic carbocycles. The number of piperidine rings is 1. The molecule has 1 aliphatic heterocycles. The molecule has 2 heteroatoms. The molecule has 2 nitrogen and oxygen atoms in total. The van der Waals surface area contributed by atoms with Gasteiger partial charge in [-0.3, -0.25) is 0 Å².